The van der Waals surface area contributed by atoms with E-state index >= 15 is 0 Å². The molecule has 4 rings (SSSR count). The van der Waals surface area contributed by atoms with Crippen molar-refractivity contribution in [2.45, 2.75) is 70.1 Å². The minimum atomic E-state index is 0.172. The maximum Gasteiger partial charge on any atom is 0.233 e. The summed E-state index contributed by atoms with van der Waals surface area (Å²) in [5.41, 5.74) is 0. The van der Waals surface area contributed by atoms with E-state index in [0.29, 0.717) is 18.3 Å². The van der Waals surface area contributed by atoms with Crippen LogP contribution in [0.1, 0.15) is 58.1 Å². The van der Waals surface area contributed by atoms with Crippen molar-refractivity contribution in [3.05, 3.63) is 24.2 Å². The molecule has 2 aromatic rings. The number of piperidine rings is 1. The van der Waals surface area contributed by atoms with Crippen LogP contribution in [0.5, 0.6) is 0 Å². The first-order chi connectivity index (χ1) is 15.0. The average molecular weight is 446 g/mol. The second-order valence-corrected chi connectivity index (χ2v) is 10.3. The average Bonchev–Trinajstić information content (AvgIpc) is 3.43. The molecule has 0 aromatic carbocycles. The van der Waals surface area contributed by atoms with E-state index in [1.807, 2.05) is 24.1 Å². The van der Waals surface area contributed by atoms with Crippen molar-refractivity contribution in [1.29, 1.82) is 0 Å². The second-order valence-electron chi connectivity index (χ2n) is 9.32. The van der Waals surface area contributed by atoms with Crippen LogP contribution in [0.25, 0.3) is 0 Å². The van der Waals surface area contributed by atoms with Gasteiger partial charge in [-0.15, -0.1) is 10.2 Å². The highest BCUT2D eigenvalue weighted by atomic mass is 32.2. The summed E-state index contributed by atoms with van der Waals surface area (Å²) in [6.07, 6.45) is 8.67. The fraction of sp³-hybridized carbons (Fsp3) is 0.696. The fourth-order valence-electron chi connectivity index (χ4n) is 4.59. The topological polar surface area (TPSA) is 67.4 Å². The zero-order chi connectivity index (χ0) is 21.8. The highest BCUT2D eigenvalue weighted by molar-refractivity contribution is 7.99. The van der Waals surface area contributed by atoms with E-state index in [1.54, 1.807) is 6.26 Å². The van der Waals surface area contributed by atoms with Gasteiger partial charge in [0.2, 0.25) is 11.9 Å². The SMILES string of the molecule is CC1CCC(N(C)C(=O)CSc2nnc(N3CCC(C)CC3)n2Cc2ccco2)CC1. The molecule has 0 unspecified atom stereocenters. The molecule has 2 fully saturated rings. The molecular formula is C23H35N5O2S. The summed E-state index contributed by atoms with van der Waals surface area (Å²) in [5, 5.41) is 9.77. The molecule has 0 N–H and O–H groups in total. The van der Waals surface area contributed by atoms with Crippen molar-refractivity contribution >= 4 is 23.6 Å². The lowest BCUT2D eigenvalue weighted by atomic mass is 9.87. The zero-order valence-corrected chi connectivity index (χ0v) is 19.8. The molecule has 1 aliphatic heterocycles. The number of aromatic nitrogens is 3. The van der Waals surface area contributed by atoms with Gasteiger partial charge in [0.15, 0.2) is 5.16 Å². The van der Waals surface area contributed by atoms with E-state index in [4.69, 9.17) is 4.42 Å². The molecular weight excluding hydrogens is 410 g/mol. The number of hydrogen-bond donors (Lipinski definition) is 0. The van der Waals surface area contributed by atoms with Crippen LogP contribution in [0.4, 0.5) is 5.95 Å². The normalized spacial score (nSPS) is 22.6. The molecule has 1 amide bonds. The van der Waals surface area contributed by atoms with Crippen LogP contribution in [0, 0.1) is 11.8 Å². The molecule has 1 aliphatic carbocycles. The molecule has 0 bridgehead atoms. The van der Waals surface area contributed by atoms with Gasteiger partial charge in [0.25, 0.3) is 0 Å². The number of amides is 1. The molecule has 0 radical (unpaired) electrons. The molecule has 0 spiro atoms. The number of carbonyl (C=O) groups is 1. The third kappa shape index (κ3) is 5.45. The van der Waals surface area contributed by atoms with Crippen molar-refractivity contribution in [3.63, 3.8) is 0 Å². The van der Waals surface area contributed by atoms with Crippen LogP contribution < -0.4 is 4.90 Å². The van der Waals surface area contributed by atoms with Crippen molar-refractivity contribution < 1.29 is 9.21 Å². The molecule has 3 heterocycles. The van der Waals surface area contributed by atoms with E-state index in [1.165, 1.54) is 37.4 Å². The summed E-state index contributed by atoms with van der Waals surface area (Å²) < 4.78 is 7.70. The third-order valence-corrected chi connectivity index (χ3v) is 7.86. The molecule has 31 heavy (non-hydrogen) atoms. The molecule has 2 aromatic heterocycles. The van der Waals surface area contributed by atoms with Crippen LogP contribution in [-0.4, -0.2) is 57.5 Å². The molecule has 1 saturated heterocycles. The summed E-state index contributed by atoms with van der Waals surface area (Å²) >= 11 is 1.49. The second kappa shape index (κ2) is 10.1. The maximum atomic E-state index is 12.9. The minimum absolute atomic E-state index is 0.172. The summed E-state index contributed by atoms with van der Waals surface area (Å²) in [6, 6.07) is 4.24. The Hall–Kier alpha value is -1.96. The Morgan fingerprint density at radius 3 is 2.52 bits per heavy atom. The van der Waals surface area contributed by atoms with Gasteiger partial charge >= 0.3 is 0 Å². The minimum Gasteiger partial charge on any atom is -0.467 e. The Bertz CT molecular complexity index is 836. The van der Waals surface area contributed by atoms with Gasteiger partial charge in [-0.25, -0.2) is 0 Å². The number of anilines is 1. The number of hydrogen-bond acceptors (Lipinski definition) is 6. The van der Waals surface area contributed by atoms with Gasteiger partial charge in [-0.2, -0.15) is 0 Å². The number of furan rings is 1. The van der Waals surface area contributed by atoms with E-state index in [0.717, 1.165) is 54.6 Å². The van der Waals surface area contributed by atoms with E-state index in [9.17, 15) is 4.79 Å². The van der Waals surface area contributed by atoms with Crippen LogP contribution in [0.2, 0.25) is 0 Å². The highest BCUT2D eigenvalue weighted by Crippen LogP contribution is 2.29. The first-order valence-corrected chi connectivity index (χ1v) is 12.6. The predicted molar refractivity (Wildman–Crippen MR) is 123 cm³/mol. The lowest BCUT2D eigenvalue weighted by Gasteiger charge is -2.33. The summed E-state index contributed by atoms with van der Waals surface area (Å²) in [7, 11) is 1.96. The third-order valence-electron chi connectivity index (χ3n) is 6.91. The van der Waals surface area contributed by atoms with E-state index in [-0.39, 0.29) is 5.91 Å². The van der Waals surface area contributed by atoms with Gasteiger partial charge in [-0.3, -0.25) is 9.36 Å². The fourth-order valence-corrected chi connectivity index (χ4v) is 5.45. The molecule has 0 atom stereocenters. The van der Waals surface area contributed by atoms with Crippen molar-refractivity contribution in [2.75, 3.05) is 30.8 Å². The predicted octanol–water partition coefficient (Wildman–Crippen LogP) is 4.28. The number of carbonyl (C=O) groups excluding carboxylic acids is 1. The smallest absolute Gasteiger partial charge is 0.233 e. The number of thioether (sulfide) groups is 1. The number of nitrogens with zero attached hydrogens (tertiary/aromatic N) is 5. The molecule has 1 saturated carbocycles. The molecule has 7 nitrogen and oxygen atoms in total. The van der Waals surface area contributed by atoms with Crippen molar-refractivity contribution in [2.24, 2.45) is 11.8 Å². The van der Waals surface area contributed by atoms with Gasteiger partial charge < -0.3 is 14.2 Å². The van der Waals surface area contributed by atoms with Crippen molar-refractivity contribution in [1.82, 2.24) is 19.7 Å². The Balaban J connectivity index is 1.44. The van der Waals surface area contributed by atoms with Crippen LogP contribution >= 0.6 is 11.8 Å². The Morgan fingerprint density at radius 2 is 1.84 bits per heavy atom. The van der Waals surface area contributed by atoms with Gasteiger partial charge in [-0.1, -0.05) is 25.6 Å². The lowest BCUT2D eigenvalue weighted by molar-refractivity contribution is -0.129. The van der Waals surface area contributed by atoms with Crippen LogP contribution in [0.3, 0.4) is 0 Å². The van der Waals surface area contributed by atoms with Crippen LogP contribution in [0.15, 0.2) is 28.0 Å². The van der Waals surface area contributed by atoms with E-state index < -0.39 is 0 Å². The summed E-state index contributed by atoms with van der Waals surface area (Å²) in [4.78, 5) is 17.2. The standard InChI is InChI=1S/C23H35N5O2S/c1-17-6-8-19(9-7-17)26(3)21(29)16-31-23-25-24-22(27-12-10-18(2)11-13-27)28(23)15-20-5-4-14-30-20/h4-5,14,17-19H,6-13,15-16H2,1-3H3. The quantitative estimate of drug-likeness (QED) is 0.593. The van der Waals surface area contributed by atoms with Gasteiger partial charge in [0, 0.05) is 26.2 Å². The molecule has 2 aliphatic rings. The van der Waals surface area contributed by atoms with E-state index in [2.05, 4.69) is 33.5 Å². The summed E-state index contributed by atoms with van der Waals surface area (Å²) in [6.45, 7) is 7.17. The molecule has 8 heteroatoms. The maximum absolute atomic E-state index is 12.9. The van der Waals surface area contributed by atoms with Gasteiger partial charge in [-0.05, 0) is 62.5 Å². The monoisotopic (exact) mass is 445 g/mol. The summed E-state index contributed by atoms with van der Waals surface area (Å²) in [5.74, 6) is 3.84. The Morgan fingerprint density at radius 1 is 1.13 bits per heavy atom. The zero-order valence-electron chi connectivity index (χ0n) is 19.0. The van der Waals surface area contributed by atoms with Gasteiger partial charge in [0.05, 0.1) is 18.6 Å². The lowest BCUT2D eigenvalue weighted by Crippen LogP contribution is -2.40. The molecule has 170 valence electrons. The number of rotatable bonds is 7. The first kappa shape index (κ1) is 22.2. The first-order valence-electron chi connectivity index (χ1n) is 11.6. The Kier molecular flexibility index (Phi) is 7.25. The highest BCUT2D eigenvalue weighted by Gasteiger charge is 2.27. The largest absolute Gasteiger partial charge is 0.467 e. The van der Waals surface area contributed by atoms with Crippen molar-refractivity contribution in [3.8, 4) is 0 Å². The van der Waals surface area contributed by atoms with Crippen LogP contribution in [-0.2, 0) is 11.3 Å². The Labute approximate surface area is 189 Å². The van der Waals surface area contributed by atoms with Gasteiger partial charge in [0.1, 0.15) is 5.76 Å².